The zero-order chi connectivity index (χ0) is 16.5. The van der Waals surface area contributed by atoms with Gasteiger partial charge in [-0.2, -0.15) is 0 Å². The molecule has 1 aromatic carbocycles. The van der Waals surface area contributed by atoms with E-state index in [2.05, 4.69) is 15.5 Å². The molecular weight excluding hydrogens is 367 g/mol. The van der Waals surface area contributed by atoms with Crippen molar-refractivity contribution in [1.29, 1.82) is 0 Å². The monoisotopic (exact) mass is 392 g/mol. The van der Waals surface area contributed by atoms with Crippen molar-refractivity contribution in [3.8, 4) is 0 Å². The van der Waals surface area contributed by atoms with E-state index in [0.717, 1.165) is 39.3 Å². The van der Waals surface area contributed by atoms with Gasteiger partial charge in [-0.3, -0.25) is 14.5 Å². The topological polar surface area (TPSA) is 96.7 Å². The Morgan fingerprint density at radius 1 is 1.08 bits per heavy atom. The highest BCUT2D eigenvalue weighted by atomic mass is 35.5. The van der Waals surface area contributed by atoms with Crippen molar-refractivity contribution < 1.29 is 14.3 Å². The molecule has 2 amide bonds. The number of carbonyl (C=O) groups excluding carboxylic acids is 2. The predicted octanol–water partition coefficient (Wildman–Crippen LogP) is 0.418. The highest BCUT2D eigenvalue weighted by Crippen LogP contribution is 2.11. The molecule has 0 unspecified atom stereocenters. The summed E-state index contributed by atoms with van der Waals surface area (Å²) >= 11 is 0. The van der Waals surface area contributed by atoms with Gasteiger partial charge in [-0.15, -0.1) is 24.8 Å². The van der Waals surface area contributed by atoms with Gasteiger partial charge in [0.05, 0.1) is 26.3 Å². The van der Waals surface area contributed by atoms with Crippen molar-refractivity contribution in [1.82, 2.24) is 10.2 Å². The van der Waals surface area contributed by atoms with E-state index >= 15 is 0 Å². The molecular formula is C16H26Cl2N4O3. The van der Waals surface area contributed by atoms with Gasteiger partial charge in [0.2, 0.25) is 11.8 Å². The Kier molecular flexibility index (Phi) is 12.2. The molecule has 1 aliphatic heterocycles. The number of nitrogens with two attached hydrogens (primary N) is 1. The number of rotatable bonds is 7. The average Bonchev–Trinajstić information content (AvgIpc) is 2.60. The van der Waals surface area contributed by atoms with Gasteiger partial charge in [0.15, 0.2) is 0 Å². The van der Waals surface area contributed by atoms with E-state index in [-0.39, 0.29) is 49.7 Å². The third kappa shape index (κ3) is 9.04. The lowest BCUT2D eigenvalue weighted by Crippen LogP contribution is -2.37. The normalized spacial score (nSPS) is 14.0. The minimum absolute atomic E-state index is 0. The Morgan fingerprint density at radius 2 is 1.72 bits per heavy atom. The Hall–Kier alpha value is -1.38. The maximum absolute atomic E-state index is 11.7. The molecule has 1 heterocycles. The van der Waals surface area contributed by atoms with Crippen LogP contribution in [0.3, 0.4) is 0 Å². The first kappa shape index (κ1) is 23.6. The largest absolute Gasteiger partial charge is 0.379 e. The van der Waals surface area contributed by atoms with E-state index in [1.807, 2.05) is 24.3 Å². The zero-order valence-corrected chi connectivity index (χ0v) is 15.7. The molecule has 25 heavy (non-hydrogen) atoms. The molecule has 0 radical (unpaired) electrons. The minimum Gasteiger partial charge on any atom is -0.379 e. The van der Waals surface area contributed by atoms with E-state index < -0.39 is 0 Å². The molecule has 7 nitrogen and oxygen atoms in total. The SMILES string of the molecule is Cl.Cl.NCC(=O)NCC(=O)Nc1ccc(CCN2CCOCC2)cc1. The lowest BCUT2D eigenvalue weighted by atomic mass is 10.1. The van der Waals surface area contributed by atoms with Crippen LogP contribution in [0, 0.1) is 0 Å². The number of amides is 2. The predicted molar refractivity (Wildman–Crippen MR) is 103 cm³/mol. The second kappa shape index (κ2) is 12.9. The summed E-state index contributed by atoms with van der Waals surface area (Å²) in [6.07, 6.45) is 0.973. The molecule has 9 heteroatoms. The van der Waals surface area contributed by atoms with E-state index in [4.69, 9.17) is 10.5 Å². The van der Waals surface area contributed by atoms with Crippen molar-refractivity contribution >= 4 is 42.3 Å². The van der Waals surface area contributed by atoms with Crippen LogP contribution in [-0.4, -0.2) is 62.7 Å². The fourth-order valence-electron chi connectivity index (χ4n) is 2.32. The van der Waals surface area contributed by atoms with Crippen LogP contribution < -0.4 is 16.4 Å². The molecule has 4 N–H and O–H groups in total. The second-order valence-electron chi connectivity index (χ2n) is 5.43. The van der Waals surface area contributed by atoms with Crippen molar-refractivity contribution in [3.63, 3.8) is 0 Å². The first-order valence-corrected chi connectivity index (χ1v) is 7.83. The quantitative estimate of drug-likeness (QED) is 0.624. The number of nitrogens with zero attached hydrogens (tertiary/aromatic N) is 1. The fourth-order valence-corrected chi connectivity index (χ4v) is 2.32. The molecule has 0 spiro atoms. The first-order valence-electron chi connectivity index (χ1n) is 7.83. The molecule has 0 bridgehead atoms. The van der Waals surface area contributed by atoms with Crippen molar-refractivity contribution in [3.05, 3.63) is 29.8 Å². The van der Waals surface area contributed by atoms with Crippen LogP contribution >= 0.6 is 24.8 Å². The summed E-state index contributed by atoms with van der Waals surface area (Å²) in [6.45, 7) is 4.42. The zero-order valence-electron chi connectivity index (χ0n) is 14.0. The van der Waals surface area contributed by atoms with Crippen LogP contribution in [0.5, 0.6) is 0 Å². The number of carbonyl (C=O) groups is 2. The number of hydrogen-bond acceptors (Lipinski definition) is 5. The maximum atomic E-state index is 11.7. The molecule has 1 aromatic rings. The molecule has 142 valence electrons. The lowest BCUT2D eigenvalue weighted by Gasteiger charge is -2.26. The van der Waals surface area contributed by atoms with Gasteiger partial charge in [-0.25, -0.2) is 0 Å². The van der Waals surface area contributed by atoms with Crippen LogP contribution in [0.2, 0.25) is 0 Å². The summed E-state index contributed by atoms with van der Waals surface area (Å²) in [6, 6.07) is 7.76. The highest BCUT2D eigenvalue weighted by Gasteiger charge is 2.10. The highest BCUT2D eigenvalue weighted by molar-refractivity contribution is 5.94. The average molecular weight is 393 g/mol. The molecule has 0 atom stereocenters. The van der Waals surface area contributed by atoms with Gasteiger partial charge in [-0.1, -0.05) is 12.1 Å². The first-order chi connectivity index (χ1) is 11.2. The van der Waals surface area contributed by atoms with E-state index in [1.165, 1.54) is 5.56 Å². The van der Waals surface area contributed by atoms with E-state index in [1.54, 1.807) is 0 Å². The van der Waals surface area contributed by atoms with Crippen molar-refractivity contribution in [2.45, 2.75) is 6.42 Å². The molecule has 2 rings (SSSR count). The number of benzene rings is 1. The standard InChI is InChI=1S/C16H24N4O3.2ClH/c17-11-15(21)18-12-16(22)19-14-3-1-13(2-4-14)5-6-20-7-9-23-10-8-20;;/h1-4H,5-12,17H2,(H,18,21)(H,19,22);2*1H. The number of anilines is 1. The van der Waals surface area contributed by atoms with Gasteiger partial charge >= 0.3 is 0 Å². The van der Waals surface area contributed by atoms with Crippen molar-refractivity contribution in [2.24, 2.45) is 5.73 Å². The molecule has 1 fully saturated rings. The van der Waals surface area contributed by atoms with Crippen LogP contribution in [0.25, 0.3) is 0 Å². The summed E-state index contributed by atoms with van der Waals surface area (Å²) < 4.78 is 5.33. The number of ether oxygens (including phenoxy) is 1. The molecule has 0 aromatic heterocycles. The number of hydrogen-bond donors (Lipinski definition) is 3. The van der Waals surface area contributed by atoms with Gasteiger partial charge in [0, 0.05) is 25.3 Å². The second-order valence-corrected chi connectivity index (χ2v) is 5.43. The van der Waals surface area contributed by atoms with Gasteiger partial charge in [-0.05, 0) is 24.1 Å². The van der Waals surface area contributed by atoms with Crippen LogP contribution in [-0.2, 0) is 20.7 Å². The number of halogens is 2. The van der Waals surface area contributed by atoms with Gasteiger partial charge < -0.3 is 21.1 Å². The smallest absolute Gasteiger partial charge is 0.243 e. The van der Waals surface area contributed by atoms with E-state index in [0.29, 0.717) is 5.69 Å². The Balaban J connectivity index is 0.00000288. The minimum atomic E-state index is -0.349. The Labute approximate surface area is 160 Å². The maximum Gasteiger partial charge on any atom is 0.243 e. The summed E-state index contributed by atoms with van der Waals surface area (Å²) in [5.74, 6) is -0.619. The third-order valence-electron chi connectivity index (χ3n) is 3.69. The summed E-state index contributed by atoms with van der Waals surface area (Å²) in [5.41, 5.74) is 7.10. The molecule has 0 aliphatic carbocycles. The van der Waals surface area contributed by atoms with Crippen LogP contribution in [0.1, 0.15) is 5.56 Å². The molecule has 0 saturated carbocycles. The molecule has 1 saturated heterocycles. The Bertz CT molecular complexity index is 523. The Morgan fingerprint density at radius 3 is 2.32 bits per heavy atom. The summed E-state index contributed by atoms with van der Waals surface area (Å²) in [4.78, 5) is 25.0. The van der Waals surface area contributed by atoms with Gasteiger partial charge in [0.1, 0.15) is 0 Å². The third-order valence-corrected chi connectivity index (χ3v) is 3.69. The van der Waals surface area contributed by atoms with Crippen molar-refractivity contribution in [2.75, 3.05) is 51.3 Å². The van der Waals surface area contributed by atoms with Gasteiger partial charge in [0.25, 0.3) is 0 Å². The number of nitrogens with one attached hydrogen (secondary N) is 2. The lowest BCUT2D eigenvalue weighted by molar-refractivity contribution is -0.123. The van der Waals surface area contributed by atoms with E-state index in [9.17, 15) is 9.59 Å². The fraction of sp³-hybridized carbons (Fsp3) is 0.500. The van der Waals surface area contributed by atoms with Crippen LogP contribution in [0.4, 0.5) is 5.69 Å². The molecule has 1 aliphatic rings. The summed E-state index contributed by atoms with van der Waals surface area (Å²) in [7, 11) is 0. The van der Waals surface area contributed by atoms with Crippen LogP contribution in [0.15, 0.2) is 24.3 Å². The summed E-state index contributed by atoms with van der Waals surface area (Å²) in [5, 5.41) is 5.16. The number of morpholine rings is 1.